The number of likely N-dealkylation sites (N-methyl/N-ethyl adjacent to an activating group) is 1. The lowest BCUT2D eigenvalue weighted by molar-refractivity contribution is -0.136. The van der Waals surface area contributed by atoms with E-state index in [2.05, 4.69) is 89.4 Å². The minimum atomic E-state index is -1.78. The number of carbonyl (C=O) groups is 16. The van der Waals surface area contributed by atoms with Crippen molar-refractivity contribution in [3.05, 3.63) is 54.2 Å². The molecule has 108 heavy (non-hydrogen) atoms. The van der Waals surface area contributed by atoms with Crippen molar-refractivity contribution in [2.24, 2.45) is 29.0 Å². The first-order valence-corrected chi connectivity index (χ1v) is 37.5. The molecule has 2 heterocycles. The zero-order valence-electron chi connectivity index (χ0n) is 62.1. The summed E-state index contributed by atoms with van der Waals surface area (Å²) in [4.78, 5) is 226. The molecule has 3 aromatic rings. The summed E-state index contributed by atoms with van der Waals surface area (Å²) in [5.41, 5.74) is 18.4. The van der Waals surface area contributed by atoms with Crippen molar-refractivity contribution in [1.82, 2.24) is 94.3 Å². The summed E-state index contributed by atoms with van der Waals surface area (Å²) in [6, 6.07) is -8.80. The molecule has 0 fully saturated rings. The Labute approximate surface area is 633 Å². The van der Waals surface area contributed by atoms with Gasteiger partial charge in [-0.05, 0) is 102 Å². The van der Waals surface area contributed by atoms with E-state index in [9.17, 15) is 86.9 Å². The maximum Gasteiger partial charge on any atom is 0.245 e. The number of aliphatic hydroxyl groups excluding tert-OH is 2. The molecule has 3 rings (SSSR count). The van der Waals surface area contributed by atoms with Gasteiger partial charge < -0.3 is 117 Å². The van der Waals surface area contributed by atoms with E-state index in [0.29, 0.717) is 34.3 Å². The molecular formula is C67H107N21O18S2. The van der Waals surface area contributed by atoms with Crippen LogP contribution in [0.5, 0.6) is 0 Å². The molecule has 600 valence electrons. The molecule has 16 amide bonds. The van der Waals surface area contributed by atoms with E-state index >= 15 is 0 Å². The van der Waals surface area contributed by atoms with E-state index in [1.807, 2.05) is 20.1 Å². The Morgan fingerprint density at radius 3 is 1.64 bits per heavy atom. The molecule has 1 aromatic carbocycles. The van der Waals surface area contributed by atoms with Gasteiger partial charge in [-0.1, -0.05) is 45.9 Å². The van der Waals surface area contributed by atoms with Crippen molar-refractivity contribution in [3.8, 4) is 0 Å². The van der Waals surface area contributed by atoms with Gasteiger partial charge in [0.25, 0.3) is 0 Å². The molecule has 0 aliphatic heterocycles. The van der Waals surface area contributed by atoms with Gasteiger partial charge >= 0.3 is 0 Å². The Morgan fingerprint density at radius 1 is 0.556 bits per heavy atom. The third-order valence-electron chi connectivity index (χ3n) is 16.2. The van der Waals surface area contributed by atoms with E-state index in [-0.39, 0.29) is 69.2 Å². The molecule has 41 heteroatoms. The molecule has 0 unspecified atom stereocenters. The number of carbonyl (C=O) groups excluding carboxylic acids is 16. The number of unbranched alkanes of at least 4 members (excludes halogenated alkanes) is 1. The van der Waals surface area contributed by atoms with Gasteiger partial charge in [-0.3, -0.25) is 76.7 Å². The van der Waals surface area contributed by atoms with Crippen LogP contribution in [0.1, 0.15) is 97.7 Å². The first kappa shape index (κ1) is 92.2. The number of thioether (sulfide) groups is 2. The van der Waals surface area contributed by atoms with Gasteiger partial charge in [-0.2, -0.15) is 11.8 Å². The Hall–Kier alpha value is -9.97. The Bertz CT molecular complexity index is 3530. The fourth-order valence-corrected chi connectivity index (χ4v) is 11.8. The minimum Gasteiger partial charge on any atom is -0.394 e. The number of aliphatic hydroxyl groups is 2. The van der Waals surface area contributed by atoms with Crippen LogP contribution in [0.15, 0.2) is 43.0 Å². The van der Waals surface area contributed by atoms with E-state index < -0.39 is 206 Å². The number of aromatic nitrogens is 3. The first-order valence-electron chi connectivity index (χ1n) is 35.0. The van der Waals surface area contributed by atoms with E-state index in [1.165, 1.54) is 43.0 Å². The number of imidazole rings is 1. The number of amides is 16. The average Bonchev–Trinajstić information content (AvgIpc) is 1.64. The highest BCUT2D eigenvalue weighted by Crippen LogP contribution is 2.20. The number of fused-ring (bicyclic) bond motifs is 1. The van der Waals surface area contributed by atoms with Gasteiger partial charge in [0.2, 0.25) is 94.5 Å². The first-order chi connectivity index (χ1) is 51.1. The van der Waals surface area contributed by atoms with Gasteiger partial charge in [0.1, 0.15) is 66.5 Å². The number of hydrogen-bond acceptors (Lipinski definition) is 23. The number of rotatable bonds is 51. The maximum atomic E-state index is 14.6. The monoisotopic (exact) mass is 1560 g/mol. The van der Waals surface area contributed by atoms with Gasteiger partial charge in [0, 0.05) is 60.9 Å². The Morgan fingerprint density at radius 2 is 1.08 bits per heavy atom. The molecule has 0 bridgehead atoms. The number of nitrogens with one attached hydrogen (secondary N) is 16. The van der Waals surface area contributed by atoms with Gasteiger partial charge in [-0.25, -0.2) is 4.98 Å². The second kappa shape index (κ2) is 48.4. The van der Waals surface area contributed by atoms with Crippen molar-refractivity contribution < 1.29 is 86.9 Å². The molecule has 0 radical (unpaired) electrons. The number of primary amides is 2. The molecule has 0 aliphatic rings. The fraction of sp³-hybridized carbons (Fsp3) is 0.597. The second-order valence-electron chi connectivity index (χ2n) is 26.4. The van der Waals surface area contributed by atoms with E-state index in [4.69, 9.17) is 17.2 Å². The van der Waals surface area contributed by atoms with Crippen LogP contribution < -0.4 is 91.6 Å². The van der Waals surface area contributed by atoms with Crippen molar-refractivity contribution in [1.29, 1.82) is 0 Å². The average molecular weight is 1560 g/mol. The molecule has 2 aromatic heterocycles. The molecule has 0 saturated heterocycles. The van der Waals surface area contributed by atoms with Crippen LogP contribution in [0.2, 0.25) is 0 Å². The molecular weight excluding hydrogens is 1450 g/mol. The minimum absolute atomic E-state index is 0.00450. The summed E-state index contributed by atoms with van der Waals surface area (Å²) in [7, 11) is 3.19. The van der Waals surface area contributed by atoms with Crippen LogP contribution in [0.4, 0.5) is 0 Å². The third-order valence-corrected chi connectivity index (χ3v) is 17.7. The van der Waals surface area contributed by atoms with E-state index in [1.54, 1.807) is 58.4 Å². The highest BCUT2D eigenvalue weighted by molar-refractivity contribution is 7.99. The van der Waals surface area contributed by atoms with Crippen molar-refractivity contribution in [2.45, 2.75) is 166 Å². The Kier molecular flexibility index (Phi) is 41.3. The van der Waals surface area contributed by atoms with Crippen LogP contribution in [-0.2, 0) is 89.6 Å². The van der Waals surface area contributed by atoms with Crippen LogP contribution in [0, 0.1) is 11.8 Å². The van der Waals surface area contributed by atoms with Crippen LogP contribution in [0.3, 0.4) is 0 Å². The van der Waals surface area contributed by atoms with Crippen molar-refractivity contribution in [2.75, 3.05) is 77.1 Å². The lowest BCUT2D eigenvalue weighted by atomic mass is 10.0. The standard InChI is InChI=1S/C67H107N21O18S2/c1-35(2)22-46(63(102)81-43(57(70)96)19-21-107-9)84-64(103)48(24-40-26-71-33-75-40)78-53(93)28-74-67(106)56(36(3)4)87-58(97)37(5)77-62(101)47(23-39-25-72-42-15-11-10-14-41(39)42)85-61(100)45(17-18-52(69)92)83-60(99)44(16-12-13-20-68)82-65(104)49(30-89)79-54(94)27-73-59(98)51(32-108-34-76-38(6)91)86-66(105)50(31-90)80-55(95)29-88(7)8/h10-11,14-15,25-26,33,35-37,43-51,56,72,89-90H,12-13,16-24,27-32,34,68H2,1-9H3,(H2,69,92)(H2,70,96)(H,71,75)(H,73,98)(H,74,106)(H,76,91)(H,77,101)(H,78,93)(H,79,94)(H,80,95)(H,81,102)(H,82,104)(H,83,99)(H,84,103)(H,85,100)(H,86,105)(H,87,97)/t37-,43-,44-,45-,46-,47-,48-,49-,50-,51-,56-/m0/s1. The normalized spacial score (nSPS) is 14.2. The topological polar surface area (TPSA) is 608 Å². The predicted octanol–water partition coefficient (Wildman–Crippen LogP) is -7.03. The zero-order chi connectivity index (χ0) is 80.7. The highest BCUT2D eigenvalue weighted by atomic mass is 32.2. The number of H-pyrrole nitrogens is 2. The molecule has 24 N–H and O–H groups in total. The summed E-state index contributed by atoms with van der Waals surface area (Å²) in [5.74, 6) is -14.3. The molecule has 39 nitrogen and oxygen atoms in total. The SMILES string of the molecule is CSCC[C@H](NC(=O)[C@H](CC(C)C)NC(=O)[C@H](Cc1cnc[nH]1)NC(=O)CNC(=O)[C@@H](NC(=O)[C@H](C)NC(=O)[C@H](Cc1c[nH]c2ccccc12)NC(=O)[C@H](CCC(N)=O)NC(=O)[C@H](CCCCN)NC(=O)[C@H](CO)NC(=O)CNC(=O)[C@H](CSCNC(C)=O)NC(=O)[C@H](CO)NC(=O)CN(C)C)C(C)C)C(N)=O. The summed E-state index contributed by atoms with van der Waals surface area (Å²) >= 11 is 2.44. The largest absolute Gasteiger partial charge is 0.394 e. The molecule has 0 spiro atoms. The summed E-state index contributed by atoms with van der Waals surface area (Å²) in [6.45, 7) is 5.87. The number of nitrogens with zero attached hydrogens (tertiary/aromatic N) is 2. The summed E-state index contributed by atoms with van der Waals surface area (Å²) in [5, 5.41) is 55.7. The summed E-state index contributed by atoms with van der Waals surface area (Å²) < 4.78 is 0. The number of benzene rings is 1. The number of aromatic amines is 2. The lowest BCUT2D eigenvalue weighted by Crippen LogP contribution is -2.60. The summed E-state index contributed by atoms with van der Waals surface area (Å²) in [6.07, 6.45) is 5.55. The quantitative estimate of drug-likeness (QED) is 0.0184. The predicted molar refractivity (Wildman–Crippen MR) is 399 cm³/mol. The van der Waals surface area contributed by atoms with Crippen LogP contribution in [0.25, 0.3) is 10.9 Å². The second-order valence-corrected chi connectivity index (χ2v) is 28.4. The number of nitrogens with two attached hydrogens (primary N) is 3. The molecule has 0 aliphatic carbocycles. The highest BCUT2D eigenvalue weighted by Gasteiger charge is 2.36. The smallest absolute Gasteiger partial charge is 0.245 e. The van der Waals surface area contributed by atoms with Gasteiger partial charge in [-0.15, -0.1) is 11.8 Å². The lowest BCUT2D eigenvalue weighted by Gasteiger charge is -2.27. The van der Waals surface area contributed by atoms with Crippen LogP contribution in [-0.4, -0.2) is 268 Å². The van der Waals surface area contributed by atoms with Crippen molar-refractivity contribution >= 4 is 129 Å². The Balaban J connectivity index is 1.83. The van der Waals surface area contributed by atoms with Gasteiger partial charge in [0.15, 0.2) is 0 Å². The number of para-hydroxylation sites is 1. The molecule has 0 saturated carbocycles. The molecule has 11 atom stereocenters. The fourth-order valence-electron chi connectivity index (χ4n) is 10.4. The maximum absolute atomic E-state index is 14.6. The van der Waals surface area contributed by atoms with Crippen molar-refractivity contribution in [3.63, 3.8) is 0 Å². The van der Waals surface area contributed by atoms with Gasteiger partial charge in [0.05, 0.1) is 45.1 Å². The zero-order valence-corrected chi connectivity index (χ0v) is 63.8. The third kappa shape index (κ3) is 33.9. The number of hydrogen-bond donors (Lipinski definition) is 21. The van der Waals surface area contributed by atoms with E-state index in [0.717, 1.165) is 11.8 Å². The van der Waals surface area contributed by atoms with Crippen LogP contribution >= 0.6 is 23.5 Å².